The molecule has 0 aromatic rings. The molecule has 5 heteroatoms. The van der Waals surface area contributed by atoms with E-state index in [1.807, 2.05) is 7.05 Å². The van der Waals surface area contributed by atoms with Crippen molar-refractivity contribution in [3.05, 3.63) is 0 Å². The zero-order valence-electron chi connectivity index (χ0n) is 18.5. The molecule has 0 amide bonds. The van der Waals surface area contributed by atoms with Crippen LogP contribution in [0.5, 0.6) is 0 Å². The van der Waals surface area contributed by atoms with Crippen LogP contribution in [-0.2, 0) is 4.74 Å². The lowest BCUT2D eigenvalue weighted by Gasteiger charge is -2.35. The minimum absolute atomic E-state index is 0.450. The van der Waals surface area contributed by atoms with Crippen molar-refractivity contribution in [1.29, 1.82) is 0 Å². The van der Waals surface area contributed by atoms with Gasteiger partial charge in [0.15, 0.2) is 5.96 Å². The summed E-state index contributed by atoms with van der Waals surface area (Å²) in [5.74, 6) is 1.89. The van der Waals surface area contributed by atoms with Crippen molar-refractivity contribution in [3.63, 3.8) is 0 Å². The first kappa shape index (κ1) is 22.5. The Balaban J connectivity index is 1.63. The number of ether oxygens (including phenoxy) is 1. The Kier molecular flexibility index (Phi) is 9.91. The predicted molar refractivity (Wildman–Crippen MR) is 115 cm³/mol. The summed E-state index contributed by atoms with van der Waals surface area (Å²) in [5.41, 5.74) is 0. The second-order valence-corrected chi connectivity index (χ2v) is 8.92. The molecule has 0 aromatic carbocycles. The molecule has 0 spiro atoms. The van der Waals surface area contributed by atoms with Gasteiger partial charge in [-0.3, -0.25) is 9.89 Å². The van der Waals surface area contributed by atoms with E-state index >= 15 is 0 Å². The quantitative estimate of drug-likeness (QED) is 0.376. The highest BCUT2D eigenvalue weighted by Crippen LogP contribution is 2.26. The summed E-state index contributed by atoms with van der Waals surface area (Å²) in [6, 6.07) is 1.21. The fourth-order valence-electron chi connectivity index (χ4n) is 4.59. The molecule has 0 unspecified atom stereocenters. The molecular weight excluding hydrogens is 336 g/mol. The Hall–Kier alpha value is -0.810. The van der Waals surface area contributed by atoms with Crippen molar-refractivity contribution in [2.45, 2.75) is 90.8 Å². The number of nitrogens with zero attached hydrogens (tertiary/aromatic N) is 3. The first-order valence-corrected chi connectivity index (χ1v) is 11.3. The Labute approximate surface area is 167 Å². The second-order valence-electron chi connectivity index (χ2n) is 8.92. The van der Waals surface area contributed by atoms with Gasteiger partial charge in [-0.25, -0.2) is 0 Å². The molecular formula is C22H44N4O. The van der Waals surface area contributed by atoms with Gasteiger partial charge in [-0.05, 0) is 65.7 Å². The summed E-state index contributed by atoms with van der Waals surface area (Å²) in [5, 5.41) is 3.57. The van der Waals surface area contributed by atoms with E-state index in [1.54, 1.807) is 0 Å². The molecule has 5 nitrogen and oxygen atoms in total. The lowest BCUT2D eigenvalue weighted by Crippen LogP contribution is -2.47. The van der Waals surface area contributed by atoms with Gasteiger partial charge in [0.1, 0.15) is 0 Å². The minimum Gasteiger partial charge on any atom is -0.378 e. The van der Waals surface area contributed by atoms with Crippen molar-refractivity contribution in [1.82, 2.24) is 15.1 Å². The predicted octanol–water partition coefficient (Wildman–Crippen LogP) is 3.74. The molecule has 1 saturated carbocycles. The Bertz CT molecular complexity index is 416. The van der Waals surface area contributed by atoms with Crippen LogP contribution < -0.4 is 5.32 Å². The Morgan fingerprint density at radius 2 is 1.70 bits per heavy atom. The summed E-state index contributed by atoms with van der Waals surface area (Å²) in [6.07, 6.45) is 9.41. The number of hydrogen-bond acceptors (Lipinski definition) is 3. The zero-order valence-corrected chi connectivity index (χ0v) is 18.5. The third-order valence-corrected chi connectivity index (χ3v) is 6.20. The highest BCUT2D eigenvalue weighted by Gasteiger charge is 2.24. The van der Waals surface area contributed by atoms with Crippen molar-refractivity contribution in [2.75, 3.05) is 39.8 Å². The maximum absolute atomic E-state index is 6.21. The lowest BCUT2D eigenvalue weighted by molar-refractivity contribution is 0.00102. The minimum atomic E-state index is 0.450. The van der Waals surface area contributed by atoms with Crippen molar-refractivity contribution in [2.24, 2.45) is 10.9 Å². The van der Waals surface area contributed by atoms with Gasteiger partial charge in [0.25, 0.3) is 0 Å². The molecule has 0 bridgehead atoms. The van der Waals surface area contributed by atoms with Crippen LogP contribution in [0.25, 0.3) is 0 Å². The van der Waals surface area contributed by atoms with E-state index in [0.29, 0.717) is 18.2 Å². The highest BCUT2D eigenvalue weighted by atomic mass is 16.5. The molecule has 1 saturated heterocycles. The molecule has 2 aliphatic rings. The van der Waals surface area contributed by atoms with Crippen molar-refractivity contribution < 1.29 is 4.74 Å². The standard InChI is InChI=1S/C22H44N4O/c1-18(2)26(19(3)4)14-8-13-24-22(23-5)25-15-11-21(12-16-25)27-17-20-9-6-7-10-20/h18-21H,6-17H2,1-5H3,(H,23,24). The van der Waals surface area contributed by atoms with Gasteiger partial charge in [-0.2, -0.15) is 0 Å². The van der Waals surface area contributed by atoms with Gasteiger partial charge < -0.3 is 15.0 Å². The van der Waals surface area contributed by atoms with Crippen LogP contribution in [0.1, 0.15) is 72.6 Å². The Morgan fingerprint density at radius 3 is 2.26 bits per heavy atom. The van der Waals surface area contributed by atoms with Crippen LogP contribution in [0.4, 0.5) is 0 Å². The molecule has 0 radical (unpaired) electrons. The number of guanidine groups is 1. The molecule has 158 valence electrons. The SMILES string of the molecule is CN=C(NCCCN(C(C)C)C(C)C)N1CCC(OCC2CCCC2)CC1. The van der Waals surface area contributed by atoms with Crippen LogP contribution in [0.2, 0.25) is 0 Å². The van der Waals surface area contributed by atoms with E-state index in [4.69, 9.17) is 4.74 Å². The van der Waals surface area contributed by atoms with Crippen LogP contribution >= 0.6 is 0 Å². The van der Waals surface area contributed by atoms with E-state index in [-0.39, 0.29) is 0 Å². The zero-order chi connectivity index (χ0) is 19.6. The van der Waals surface area contributed by atoms with Gasteiger partial charge >= 0.3 is 0 Å². The molecule has 1 aliphatic heterocycles. The van der Waals surface area contributed by atoms with E-state index < -0.39 is 0 Å². The van der Waals surface area contributed by atoms with Gasteiger partial charge in [0.05, 0.1) is 6.10 Å². The molecule has 0 atom stereocenters. The molecule has 1 aliphatic carbocycles. The summed E-state index contributed by atoms with van der Waals surface area (Å²) in [4.78, 5) is 9.46. The largest absolute Gasteiger partial charge is 0.378 e. The third-order valence-electron chi connectivity index (χ3n) is 6.20. The van der Waals surface area contributed by atoms with E-state index in [1.165, 1.54) is 25.7 Å². The normalized spacial score (nSPS) is 20.4. The van der Waals surface area contributed by atoms with Crippen LogP contribution in [0.15, 0.2) is 4.99 Å². The number of piperidine rings is 1. The first-order valence-electron chi connectivity index (χ1n) is 11.3. The third kappa shape index (κ3) is 7.61. The average molecular weight is 381 g/mol. The van der Waals surface area contributed by atoms with Gasteiger partial charge in [0.2, 0.25) is 0 Å². The van der Waals surface area contributed by atoms with E-state index in [2.05, 4.69) is 47.8 Å². The maximum Gasteiger partial charge on any atom is 0.193 e. The maximum atomic E-state index is 6.21. The topological polar surface area (TPSA) is 40.1 Å². The molecule has 1 heterocycles. The van der Waals surface area contributed by atoms with Gasteiger partial charge in [0, 0.05) is 51.9 Å². The van der Waals surface area contributed by atoms with Crippen molar-refractivity contribution in [3.8, 4) is 0 Å². The van der Waals surface area contributed by atoms with Crippen molar-refractivity contribution >= 4 is 5.96 Å². The summed E-state index contributed by atoms with van der Waals surface area (Å²) in [7, 11) is 1.90. The summed E-state index contributed by atoms with van der Waals surface area (Å²) >= 11 is 0. The number of hydrogen-bond donors (Lipinski definition) is 1. The van der Waals surface area contributed by atoms with Gasteiger partial charge in [-0.15, -0.1) is 0 Å². The fourth-order valence-corrected chi connectivity index (χ4v) is 4.59. The van der Waals surface area contributed by atoms with Crippen LogP contribution in [-0.4, -0.2) is 73.8 Å². The number of likely N-dealkylation sites (tertiary alicyclic amines) is 1. The summed E-state index contributed by atoms with van der Waals surface area (Å²) in [6.45, 7) is 14.3. The first-order chi connectivity index (χ1) is 13.0. The molecule has 0 aromatic heterocycles. The van der Waals surface area contributed by atoms with E-state index in [0.717, 1.165) is 63.9 Å². The number of rotatable bonds is 9. The molecule has 27 heavy (non-hydrogen) atoms. The van der Waals surface area contributed by atoms with Crippen LogP contribution in [0.3, 0.4) is 0 Å². The fraction of sp³-hybridized carbons (Fsp3) is 0.955. The number of nitrogens with one attached hydrogen (secondary N) is 1. The monoisotopic (exact) mass is 380 g/mol. The highest BCUT2D eigenvalue weighted by molar-refractivity contribution is 5.79. The van der Waals surface area contributed by atoms with E-state index in [9.17, 15) is 0 Å². The number of aliphatic imine (C=N–C) groups is 1. The smallest absolute Gasteiger partial charge is 0.193 e. The molecule has 1 N–H and O–H groups in total. The summed E-state index contributed by atoms with van der Waals surface area (Å²) < 4.78 is 6.21. The average Bonchev–Trinajstić information content (AvgIpc) is 3.16. The van der Waals surface area contributed by atoms with Crippen LogP contribution in [0, 0.1) is 5.92 Å². The molecule has 2 rings (SSSR count). The van der Waals surface area contributed by atoms with Gasteiger partial charge in [-0.1, -0.05) is 12.8 Å². The lowest BCUT2D eigenvalue weighted by atomic mass is 10.1. The molecule has 2 fully saturated rings. The second kappa shape index (κ2) is 11.9. The Morgan fingerprint density at radius 1 is 1.07 bits per heavy atom.